The van der Waals surface area contributed by atoms with Gasteiger partial charge in [0.25, 0.3) is 0 Å². The van der Waals surface area contributed by atoms with Crippen molar-refractivity contribution in [2.75, 3.05) is 5.75 Å². The smallest absolute Gasteiger partial charge is 0.230 e. The molecule has 0 unspecified atom stereocenters. The van der Waals surface area contributed by atoms with Crippen LogP contribution in [0.2, 0.25) is 0 Å². The van der Waals surface area contributed by atoms with Gasteiger partial charge < -0.3 is 5.32 Å². The second kappa shape index (κ2) is 7.95. The van der Waals surface area contributed by atoms with E-state index in [1.165, 1.54) is 35.0 Å². The third kappa shape index (κ3) is 4.36. The number of halogens is 1. The molecule has 6 nitrogen and oxygen atoms in total. The van der Waals surface area contributed by atoms with Gasteiger partial charge in [0.05, 0.1) is 11.4 Å². The molecule has 8 heteroatoms. The van der Waals surface area contributed by atoms with Crippen LogP contribution in [0.4, 0.5) is 4.39 Å². The molecule has 1 saturated carbocycles. The van der Waals surface area contributed by atoms with Crippen molar-refractivity contribution in [3.05, 3.63) is 30.1 Å². The van der Waals surface area contributed by atoms with Gasteiger partial charge in [-0.15, -0.1) is 5.10 Å². The second-order valence-electron chi connectivity index (χ2n) is 6.58. The number of amides is 1. The maximum absolute atomic E-state index is 13.4. The molecular formula is C17H22FN5OS. The van der Waals surface area contributed by atoms with E-state index in [9.17, 15) is 9.18 Å². The number of nitrogens with one attached hydrogen (secondary N) is 1. The maximum Gasteiger partial charge on any atom is 0.230 e. The van der Waals surface area contributed by atoms with E-state index in [4.69, 9.17) is 0 Å². The Morgan fingerprint density at radius 1 is 1.40 bits per heavy atom. The van der Waals surface area contributed by atoms with Gasteiger partial charge in [0, 0.05) is 6.04 Å². The average Bonchev–Trinajstić information content (AvgIpc) is 3.06. The number of nitrogens with zero attached hydrogens (tertiary/aromatic N) is 4. The van der Waals surface area contributed by atoms with Crippen LogP contribution in [0.1, 0.15) is 33.1 Å². The average molecular weight is 363 g/mol. The third-order valence-corrected chi connectivity index (χ3v) is 5.80. The normalized spacial score (nSPS) is 23.4. The zero-order chi connectivity index (χ0) is 17.8. The van der Waals surface area contributed by atoms with Gasteiger partial charge in [-0.3, -0.25) is 4.79 Å². The molecule has 3 rings (SSSR count). The highest BCUT2D eigenvalue weighted by atomic mass is 32.2. The van der Waals surface area contributed by atoms with Crippen LogP contribution in [0.15, 0.2) is 29.4 Å². The Kier molecular flexibility index (Phi) is 5.67. The Balaban J connectivity index is 1.59. The van der Waals surface area contributed by atoms with Crippen molar-refractivity contribution in [2.24, 2.45) is 11.8 Å². The number of rotatable bonds is 5. The van der Waals surface area contributed by atoms with Crippen molar-refractivity contribution in [2.45, 2.75) is 44.3 Å². The minimum atomic E-state index is -0.359. The Hall–Kier alpha value is -1.96. The molecule has 25 heavy (non-hydrogen) atoms. The van der Waals surface area contributed by atoms with E-state index in [1.54, 1.807) is 12.1 Å². The summed E-state index contributed by atoms with van der Waals surface area (Å²) < 4.78 is 14.8. The standard InChI is InChI=1S/C17H22FN5OS/c1-11-5-3-8-15(12(11)2)19-16(24)10-25-17-20-21-22-23(17)14-7-4-6-13(18)9-14/h4,6-7,9,11-12,15H,3,5,8,10H2,1-2H3,(H,19,24)/t11-,12+,15-/m0/s1. The van der Waals surface area contributed by atoms with Crippen LogP contribution >= 0.6 is 11.8 Å². The van der Waals surface area contributed by atoms with E-state index in [-0.39, 0.29) is 23.5 Å². The fraction of sp³-hybridized carbons (Fsp3) is 0.529. The Morgan fingerprint density at radius 3 is 3.04 bits per heavy atom. The van der Waals surface area contributed by atoms with Gasteiger partial charge in [-0.1, -0.05) is 44.5 Å². The van der Waals surface area contributed by atoms with Crippen molar-refractivity contribution in [1.29, 1.82) is 0 Å². The van der Waals surface area contributed by atoms with E-state index in [0.29, 0.717) is 22.7 Å². The van der Waals surface area contributed by atoms with Crippen molar-refractivity contribution in [3.8, 4) is 5.69 Å². The van der Waals surface area contributed by atoms with Crippen molar-refractivity contribution < 1.29 is 9.18 Å². The zero-order valence-corrected chi connectivity index (χ0v) is 15.2. The summed E-state index contributed by atoms with van der Waals surface area (Å²) in [7, 11) is 0. The maximum atomic E-state index is 13.4. The molecule has 1 N–H and O–H groups in total. The molecular weight excluding hydrogens is 341 g/mol. The van der Waals surface area contributed by atoms with Crippen molar-refractivity contribution in [1.82, 2.24) is 25.5 Å². The van der Waals surface area contributed by atoms with Gasteiger partial charge in [0.1, 0.15) is 5.82 Å². The summed E-state index contributed by atoms with van der Waals surface area (Å²) >= 11 is 1.25. The zero-order valence-electron chi connectivity index (χ0n) is 14.4. The molecule has 3 atom stereocenters. The first-order valence-corrected chi connectivity index (χ1v) is 9.49. The minimum absolute atomic E-state index is 0.0234. The van der Waals surface area contributed by atoms with Gasteiger partial charge in [0.15, 0.2) is 0 Å². The molecule has 1 aliphatic rings. The minimum Gasteiger partial charge on any atom is -0.352 e. The number of carbonyl (C=O) groups excluding carboxylic acids is 1. The van der Waals surface area contributed by atoms with Crippen molar-refractivity contribution in [3.63, 3.8) is 0 Å². The van der Waals surface area contributed by atoms with Crippen LogP contribution in [-0.4, -0.2) is 37.9 Å². The highest BCUT2D eigenvalue weighted by Crippen LogP contribution is 2.29. The van der Waals surface area contributed by atoms with Gasteiger partial charge in [-0.05, 0) is 46.9 Å². The summed E-state index contributed by atoms with van der Waals surface area (Å²) in [5.41, 5.74) is 0.530. The summed E-state index contributed by atoms with van der Waals surface area (Å²) in [5, 5.41) is 15.0. The lowest BCUT2D eigenvalue weighted by Crippen LogP contribution is -2.44. The Morgan fingerprint density at radius 2 is 2.24 bits per heavy atom. The predicted molar refractivity (Wildman–Crippen MR) is 93.9 cm³/mol. The van der Waals surface area contributed by atoms with Crippen LogP contribution in [0.5, 0.6) is 0 Å². The molecule has 0 radical (unpaired) electrons. The molecule has 1 aromatic heterocycles. The summed E-state index contributed by atoms with van der Waals surface area (Å²) in [6.07, 6.45) is 3.41. The fourth-order valence-electron chi connectivity index (χ4n) is 3.20. The number of carbonyl (C=O) groups is 1. The fourth-order valence-corrected chi connectivity index (χ4v) is 3.91. The van der Waals surface area contributed by atoms with Crippen molar-refractivity contribution >= 4 is 17.7 Å². The van der Waals surface area contributed by atoms with Crippen LogP contribution < -0.4 is 5.32 Å². The molecule has 0 bridgehead atoms. The van der Waals surface area contributed by atoms with E-state index < -0.39 is 0 Å². The largest absolute Gasteiger partial charge is 0.352 e. The van der Waals surface area contributed by atoms with E-state index >= 15 is 0 Å². The summed E-state index contributed by atoms with van der Waals surface area (Å²) in [5.74, 6) is 0.965. The first-order valence-electron chi connectivity index (χ1n) is 8.51. The van der Waals surface area contributed by atoms with Crippen LogP contribution in [0.25, 0.3) is 5.69 Å². The van der Waals surface area contributed by atoms with Gasteiger partial charge in [-0.2, -0.15) is 4.68 Å². The van der Waals surface area contributed by atoms with Crippen LogP contribution in [-0.2, 0) is 4.79 Å². The van der Waals surface area contributed by atoms with Crippen LogP contribution in [0, 0.1) is 17.7 Å². The molecule has 0 spiro atoms. The highest BCUT2D eigenvalue weighted by Gasteiger charge is 2.28. The molecule has 1 fully saturated rings. The van der Waals surface area contributed by atoms with E-state index in [2.05, 4.69) is 34.7 Å². The lowest BCUT2D eigenvalue weighted by atomic mass is 9.78. The van der Waals surface area contributed by atoms with Crippen LogP contribution in [0.3, 0.4) is 0 Å². The monoisotopic (exact) mass is 363 g/mol. The molecule has 0 aliphatic heterocycles. The topological polar surface area (TPSA) is 72.7 Å². The lowest BCUT2D eigenvalue weighted by molar-refractivity contribution is -0.120. The first-order chi connectivity index (χ1) is 12.0. The SMILES string of the molecule is C[C@H]1[C@@H](NC(=O)CSc2nnnn2-c2cccc(F)c2)CCC[C@@H]1C. The Labute approximate surface area is 150 Å². The predicted octanol–water partition coefficient (Wildman–Crippen LogP) is 2.83. The number of tetrazole rings is 1. The number of hydrogen-bond donors (Lipinski definition) is 1. The molecule has 1 aromatic carbocycles. The first kappa shape index (κ1) is 17.8. The van der Waals surface area contributed by atoms with Gasteiger partial charge in [0.2, 0.25) is 11.1 Å². The molecule has 134 valence electrons. The number of aromatic nitrogens is 4. The lowest BCUT2D eigenvalue weighted by Gasteiger charge is -2.34. The third-order valence-electron chi connectivity index (χ3n) is 4.88. The quantitative estimate of drug-likeness (QED) is 0.827. The Bertz CT molecular complexity index is 737. The highest BCUT2D eigenvalue weighted by molar-refractivity contribution is 7.99. The second-order valence-corrected chi connectivity index (χ2v) is 7.53. The summed E-state index contributed by atoms with van der Waals surface area (Å²) in [6, 6.07) is 6.26. The summed E-state index contributed by atoms with van der Waals surface area (Å²) in [4.78, 5) is 12.3. The van der Waals surface area contributed by atoms with E-state index in [1.807, 2.05) is 0 Å². The molecule has 1 amide bonds. The molecule has 2 aromatic rings. The number of thioether (sulfide) groups is 1. The summed E-state index contributed by atoms with van der Waals surface area (Å²) in [6.45, 7) is 4.44. The number of benzene rings is 1. The number of hydrogen-bond acceptors (Lipinski definition) is 5. The van der Waals surface area contributed by atoms with Gasteiger partial charge >= 0.3 is 0 Å². The molecule has 0 saturated heterocycles. The molecule has 1 heterocycles. The molecule has 1 aliphatic carbocycles. The van der Waals surface area contributed by atoms with Gasteiger partial charge in [-0.25, -0.2) is 4.39 Å². The van der Waals surface area contributed by atoms with E-state index in [0.717, 1.165) is 12.8 Å².